The van der Waals surface area contributed by atoms with Gasteiger partial charge in [0.25, 0.3) is 5.91 Å². The minimum atomic E-state index is -0.963. The highest BCUT2D eigenvalue weighted by Gasteiger charge is 2.50. The first kappa shape index (κ1) is 22.1. The van der Waals surface area contributed by atoms with Crippen LogP contribution >= 0.6 is 0 Å². The highest BCUT2D eigenvalue weighted by atomic mass is 16.5. The summed E-state index contributed by atoms with van der Waals surface area (Å²) in [6.45, 7) is 10.5. The van der Waals surface area contributed by atoms with E-state index in [1.54, 1.807) is 13.8 Å². The Morgan fingerprint density at radius 3 is 2.40 bits per heavy atom. The summed E-state index contributed by atoms with van der Waals surface area (Å²) in [5, 5.41) is 5.58. The van der Waals surface area contributed by atoms with Gasteiger partial charge in [-0.05, 0) is 56.9 Å². The molecule has 0 aliphatic carbocycles. The van der Waals surface area contributed by atoms with E-state index in [2.05, 4.69) is 29.4 Å². The van der Waals surface area contributed by atoms with Gasteiger partial charge < -0.3 is 20.3 Å². The standard InChI is InChI=1S/C22H32N4O4/c1-15(2)9-10-22(4)20(28)26(21(29)24-22)16(3)19(27)23-17-5-7-18(8-6-17)25-11-13-30-14-12-25/h5-8,15-16H,9-14H2,1-4H3,(H,23,27)(H,24,29). The lowest BCUT2D eigenvalue weighted by Gasteiger charge is -2.29. The quantitative estimate of drug-likeness (QED) is 0.667. The lowest BCUT2D eigenvalue weighted by molar-refractivity contribution is -0.136. The highest BCUT2D eigenvalue weighted by molar-refractivity contribution is 6.11. The number of nitrogens with zero attached hydrogens (tertiary/aromatic N) is 2. The monoisotopic (exact) mass is 416 g/mol. The Bertz CT molecular complexity index is 789. The minimum Gasteiger partial charge on any atom is -0.378 e. The third-order valence-electron chi connectivity index (χ3n) is 5.79. The number of anilines is 2. The zero-order valence-electron chi connectivity index (χ0n) is 18.2. The molecule has 0 bridgehead atoms. The Hall–Kier alpha value is -2.61. The van der Waals surface area contributed by atoms with Crippen LogP contribution in [0.25, 0.3) is 0 Å². The number of amides is 4. The normalized spacial score (nSPS) is 23.0. The number of carbonyl (C=O) groups is 3. The molecule has 2 aliphatic rings. The van der Waals surface area contributed by atoms with E-state index >= 15 is 0 Å². The molecule has 3 rings (SSSR count). The molecule has 2 heterocycles. The van der Waals surface area contributed by atoms with Crippen molar-refractivity contribution < 1.29 is 19.1 Å². The lowest BCUT2D eigenvalue weighted by atomic mass is 9.92. The predicted octanol–water partition coefficient (Wildman–Crippen LogP) is 2.60. The number of urea groups is 1. The van der Waals surface area contributed by atoms with Gasteiger partial charge in [-0.25, -0.2) is 9.69 Å². The molecule has 2 atom stereocenters. The van der Waals surface area contributed by atoms with E-state index in [9.17, 15) is 14.4 Å². The Labute approximate surface area is 177 Å². The summed E-state index contributed by atoms with van der Waals surface area (Å²) in [7, 11) is 0. The molecular weight excluding hydrogens is 384 g/mol. The van der Waals surface area contributed by atoms with Crippen molar-refractivity contribution in [2.24, 2.45) is 5.92 Å². The number of hydrogen-bond acceptors (Lipinski definition) is 5. The van der Waals surface area contributed by atoms with Crippen LogP contribution in [0.3, 0.4) is 0 Å². The van der Waals surface area contributed by atoms with E-state index in [1.165, 1.54) is 0 Å². The molecule has 0 radical (unpaired) electrons. The second-order valence-electron chi connectivity index (χ2n) is 8.68. The van der Waals surface area contributed by atoms with Gasteiger partial charge in [-0.2, -0.15) is 0 Å². The molecule has 30 heavy (non-hydrogen) atoms. The van der Waals surface area contributed by atoms with Gasteiger partial charge >= 0.3 is 6.03 Å². The van der Waals surface area contributed by atoms with Crippen molar-refractivity contribution in [3.05, 3.63) is 24.3 Å². The molecule has 1 aromatic carbocycles. The van der Waals surface area contributed by atoms with Crippen LogP contribution in [0, 0.1) is 5.92 Å². The van der Waals surface area contributed by atoms with E-state index in [-0.39, 0.29) is 5.91 Å². The molecule has 1 aromatic rings. The number of hydrogen-bond donors (Lipinski definition) is 2. The van der Waals surface area contributed by atoms with E-state index in [1.807, 2.05) is 24.3 Å². The Kier molecular flexibility index (Phi) is 6.65. The van der Waals surface area contributed by atoms with Crippen molar-refractivity contribution in [1.29, 1.82) is 0 Å². The summed E-state index contributed by atoms with van der Waals surface area (Å²) in [4.78, 5) is 41.4. The fraction of sp³-hybridized carbons (Fsp3) is 0.591. The summed E-state index contributed by atoms with van der Waals surface area (Å²) in [5.74, 6) is -0.328. The van der Waals surface area contributed by atoms with Crippen molar-refractivity contribution in [3.8, 4) is 0 Å². The van der Waals surface area contributed by atoms with Crippen LogP contribution in [0.4, 0.5) is 16.2 Å². The van der Waals surface area contributed by atoms with E-state index < -0.39 is 23.5 Å². The number of morpholine rings is 1. The van der Waals surface area contributed by atoms with E-state index in [4.69, 9.17) is 4.74 Å². The Morgan fingerprint density at radius 2 is 1.80 bits per heavy atom. The third kappa shape index (κ3) is 4.75. The first-order valence-corrected chi connectivity index (χ1v) is 10.6. The molecule has 8 nitrogen and oxygen atoms in total. The second kappa shape index (κ2) is 9.04. The molecule has 164 valence electrons. The van der Waals surface area contributed by atoms with Crippen LogP contribution in [0.1, 0.15) is 40.5 Å². The van der Waals surface area contributed by atoms with Crippen LogP contribution in [0.5, 0.6) is 0 Å². The van der Waals surface area contributed by atoms with Crippen LogP contribution in [0.15, 0.2) is 24.3 Å². The maximum Gasteiger partial charge on any atom is 0.325 e. The minimum absolute atomic E-state index is 0.349. The van der Waals surface area contributed by atoms with Gasteiger partial charge in [-0.1, -0.05) is 13.8 Å². The highest BCUT2D eigenvalue weighted by Crippen LogP contribution is 2.27. The largest absolute Gasteiger partial charge is 0.378 e. The summed E-state index contributed by atoms with van der Waals surface area (Å²) in [6.07, 6.45) is 1.36. The van der Waals surface area contributed by atoms with Gasteiger partial charge in [0.1, 0.15) is 11.6 Å². The number of ether oxygens (including phenoxy) is 1. The van der Waals surface area contributed by atoms with Gasteiger partial charge in [0.05, 0.1) is 13.2 Å². The van der Waals surface area contributed by atoms with Gasteiger partial charge in [-0.15, -0.1) is 0 Å². The molecular formula is C22H32N4O4. The smallest absolute Gasteiger partial charge is 0.325 e. The van der Waals surface area contributed by atoms with Gasteiger partial charge in [0, 0.05) is 24.5 Å². The van der Waals surface area contributed by atoms with Gasteiger partial charge in [0.2, 0.25) is 5.91 Å². The van der Waals surface area contributed by atoms with E-state index in [0.717, 1.165) is 30.1 Å². The van der Waals surface area contributed by atoms with Crippen LogP contribution in [0.2, 0.25) is 0 Å². The second-order valence-corrected chi connectivity index (χ2v) is 8.68. The number of benzene rings is 1. The first-order chi connectivity index (χ1) is 14.2. The van der Waals surface area contributed by atoms with Crippen LogP contribution in [-0.4, -0.2) is 60.6 Å². The molecule has 2 saturated heterocycles. The fourth-order valence-corrected chi connectivity index (χ4v) is 3.75. The number of rotatable bonds is 7. The Balaban J connectivity index is 1.62. The molecule has 2 aliphatic heterocycles. The average Bonchev–Trinajstić information content (AvgIpc) is 2.95. The summed E-state index contributed by atoms with van der Waals surface area (Å²) >= 11 is 0. The van der Waals surface area contributed by atoms with Crippen LogP contribution < -0.4 is 15.5 Å². The fourth-order valence-electron chi connectivity index (χ4n) is 3.75. The number of carbonyl (C=O) groups excluding carboxylic acids is 3. The van der Waals surface area contributed by atoms with Crippen molar-refractivity contribution in [1.82, 2.24) is 10.2 Å². The van der Waals surface area contributed by atoms with Crippen molar-refractivity contribution in [2.75, 3.05) is 36.5 Å². The zero-order chi connectivity index (χ0) is 21.9. The van der Waals surface area contributed by atoms with E-state index in [0.29, 0.717) is 31.2 Å². The molecule has 4 amide bonds. The molecule has 2 unspecified atom stereocenters. The summed E-state index contributed by atoms with van der Waals surface area (Å²) < 4.78 is 5.37. The van der Waals surface area contributed by atoms with Crippen molar-refractivity contribution in [3.63, 3.8) is 0 Å². The maximum atomic E-state index is 12.9. The van der Waals surface area contributed by atoms with Gasteiger partial charge in [0.15, 0.2) is 0 Å². The topological polar surface area (TPSA) is 91.0 Å². The number of imide groups is 1. The molecule has 8 heteroatoms. The summed E-state index contributed by atoms with van der Waals surface area (Å²) in [5.41, 5.74) is 0.730. The SMILES string of the molecule is CC(C)CCC1(C)NC(=O)N(C(C)C(=O)Nc2ccc(N3CCOCC3)cc2)C1=O. The average molecular weight is 417 g/mol. The molecule has 0 spiro atoms. The molecule has 2 N–H and O–H groups in total. The van der Waals surface area contributed by atoms with Crippen molar-refractivity contribution >= 4 is 29.2 Å². The Morgan fingerprint density at radius 1 is 1.17 bits per heavy atom. The molecule has 0 saturated carbocycles. The summed E-state index contributed by atoms with van der Waals surface area (Å²) in [6, 6.07) is 6.13. The first-order valence-electron chi connectivity index (χ1n) is 10.6. The third-order valence-corrected chi connectivity index (χ3v) is 5.79. The van der Waals surface area contributed by atoms with Crippen LogP contribution in [-0.2, 0) is 14.3 Å². The maximum absolute atomic E-state index is 12.9. The van der Waals surface area contributed by atoms with Gasteiger partial charge in [-0.3, -0.25) is 9.59 Å². The molecule has 0 aromatic heterocycles. The predicted molar refractivity (Wildman–Crippen MR) is 115 cm³/mol. The zero-order valence-corrected chi connectivity index (χ0v) is 18.2. The number of nitrogens with one attached hydrogen (secondary N) is 2. The van der Waals surface area contributed by atoms with Crippen molar-refractivity contribution in [2.45, 2.75) is 52.1 Å². The lowest BCUT2D eigenvalue weighted by Crippen LogP contribution is -2.48. The molecule has 2 fully saturated rings.